The second-order valence-electron chi connectivity index (χ2n) is 8.73. The van der Waals surface area contributed by atoms with E-state index in [0.29, 0.717) is 31.3 Å². The lowest BCUT2D eigenvalue weighted by Gasteiger charge is -2.28. The molecule has 29 heavy (non-hydrogen) atoms. The Morgan fingerprint density at radius 2 is 1.62 bits per heavy atom. The van der Waals surface area contributed by atoms with Gasteiger partial charge in [-0.05, 0) is 44.9 Å². The van der Waals surface area contributed by atoms with Crippen LogP contribution in [-0.2, 0) is 19.1 Å². The summed E-state index contributed by atoms with van der Waals surface area (Å²) >= 11 is 0. The van der Waals surface area contributed by atoms with E-state index in [-0.39, 0.29) is 32.5 Å². The highest BCUT2D eigenvalue weighted by Gasteiger charge is 2.25. The van der Waals surface area contributed by atoms with Crippen molar-refractivity contribution in [3.63, 3.8) is 0 Å². The van der Waals surface area contributed by atoms with Crippen LogP contribution in [-0.4, -0.2) is 36.4 Å². The molecule has 0 spiro atoms. The normalized spacial score (nSPS) is 22.5. The number of ether oxygens (including phenoxy) is 1. The molecule has 0 heterocycles. The number of primary amides is 1. The molecule has 2 amide bonds. The third-order valence-electron chi connectivity index (χ3n) is 5.92. The van der Waals surface area contributed by atoms with Gasteiger partial charge < -0.3 is 15.8 Å². The van der Waals surface area contributed by atoms with E-state index in [2.05, 4.69) is 5.32 Å². The number of carbonyl (C=O) groups is 3. The summed E-state index contributed by atoms with van der Waals surface area (Å²) in [6, 6.07) is 0.266. The van der Waals surface area contributed by atoms with Crippen LogP contribution in [0.25, 0.3) is 0 Å². The molecule has 2 rings (SSSR count). The van der Waals surface area contributed by atoms with Crippen LogP contribution in [0.15, 0.2) is 0 Å². The van der Waals surface area contributed by atoms with Crippen molar-refractivity contribution in [3.8, 4) is 0 Å². The van der Waals surface area contributed by atoms with E-state index in [4.69, 9.17) is 10.5 Å². The standard InChI is InChI=1S/C19H33NO3.C4H9NO.2H2/c1-2-18(21)15-10-12-16(13-11-15)20-19(22)9-6-14-23-17-7-4-3-5-8-17;1-3(2)4(5)6;;/h15-17H,2-14H2,1H3,(H,20,22);3H,1-2H3,(H2,5,6);2*1H. The van der Waals surface area contributed by atoms with Crippen LogP contribution in [0.3, 0.4) is 0 Å². The molecule has 2 aliphatic carbocycles. The lowest BCUT2D eigenvalue weighted by atomic mass is 9.83. The van der Waals surface area contributed by atoms with Gasteiger partial charge in [-0.15, -0.1) is 0 Å². The Hall–Kier alpha value is -1.43. The lowest BCUT2D eigenvalue weighted by molar-refractivity contribution is -0.124. The van der Waals surface area contributed by atoms with Crippen LogP contribution < -0.4 is 11.1 Å². The number of carbonyl (C=O) groups excluding carboxylic acids is 3. The summed E-state index contributed by atoms with van der Waals surface area (Å²) in [6.07, 6.45) is 12.5. The maximum atomic E-state index is 12.0. The van der Waals surface area contributed by atoms with Crippen molar-refractivity contribution >= 4 is 17.6 Å². The van der Waals surface area contributed by atoms with Crippen molar-refractivity contribution in [3.05, 3.63) is 0 Å². The van der Waals surface area contributed by atoms with Gasteiger partial charge in [-0.1, -0.05) is 40.0 Å². The largest absolute Gasteiger partial charge is 0.378 e. The van der Waals surface area contributed by atoms with E-state index in [9.17, 15) is 14.4 Å². The van der Waals surface area contributed by atoms with E-state index in [1.165, 1.54) is 32.1 Å². The molecule has 2 saturated carbocycles. The third kappa shape index (κ3) is 11.4. The van der Waals surface area contributed by atoms with Crippen LogP contribution in [0.5, 0.6) is 0 Å². The van der Waals surface area contributed by atoms with Crippen LogP contribution in [0, 0.1) is 11.8 Å². The van der Waals surface area contributed by atoms with E-state index < -0.39 is 0 Å². The first-order valence-corrected chi connectivity index (χ1v) is 11.6. The molecular formula is C23H46N2O4. The molecule has 3 N–H and O–H groups in total. The minimum Gasteiger partial charge on any atom is -0.378 e. The number of nitrogens with two attached hydrogens (primary N) is 1. The van der Waals surface area contributed by atoms with Gasteiger partial charge in [0.05, 0.1) is 6.10 Å². The van der Waals surface area contributed by atoms with E-state index in [0.717, 1.165) is 32.1 Å². The van der Waals surface area contributed by atoms with E-state index in [1.54, 1.807) is 13.8 Å². The van der Waals surface area contributed by atoms with E-state index >= 15 is 0 Å². The Labute approximate surface area is 179 Å². The van der Waals surface area contributed by atoms with Crippen LogP contribution in [0.4, 0.5) is 0 Å². The Kier molecular flexibility index (Phi) is 12.8. The van der Waals surface area contributed by atoms with Crippen LogP contribution >= 0.6 is 0 Å². The molecule has 0 aromatic heterocycles. The van der Waals surface area contributed by atoms with Gasteiger partial charge in [-0.25, -0.2) is 0 Å². The molecule has 0 aromatic rings. The van der Waals surface area contributed by atoms with Gasteiger partial charge in [0.2, 0.25) is 11.8 Å². The average molecular weight is 415 g/mol. The molecule has 0 atom stereocenters. The van der Waals surface area contributed by atoms with Gasteiger partial charge in [0, 0.05) is 40.2 Å². The lowest BCUT2D eigenvalue weighted by Crippen LogP contribution is -2.38. The van der Waals surface area contributed by atoms with Crippen molar-refractivity contribution in [1.82, 2.24) is 5.32 Å². The first kappa shape index (κ1) is 25.6. The second kappa shape index (κ2) is 14.5. The molecular weight excluding hydrogens is 368 g/mol. The van der Waals surface area contributed by atoms with Gasteiger partial charge in [-0.3, -0.25) is 14.4 Å². The van der Waals surface area contributed by atoms with Gasteiger partial charge in [-0.2, -0.15) is 0 Å². The molecule has 2 aliphatic rings. The maximum absolute atomic E-state index is 12.0. The Morgan fingerprint density at radius 1 is 1.03 bits per heavy atom. The Morgan fingerprint density at radius 3 is 2.14 bits per heavy atom. The molecule has 2 fully saturated rings. The number of hydrogen-bond donors (Lipinski definition) is 2. The summed E-state index contributed by atoms with van der Waals surface area (Å²) < 4.78 is 5.86. The fraction of sp³-hybridized carbons (Fsp3) is 0.870. The molecule has 0 unspecified atom stereocenters. The fourth-order valence-electron chi connectivity index (χ4n) is 3.86. The van der Waals surface area contributed by atoms with Crippen LogP contribution in [0.2, 0.25) is 0 Å². The zero-order valence-electron chi connectivity index (χ0n) is 18.7. The quantitative estimate of drug-likeness (QED) is 0.547. The Balaban J connectivity index is 0. The zero-order chi connectivity index (χ0) is 21.6. The first-order chi connectivity index (χ1) is 13.8. The summed E-state index contributed by atoms with van der Waals surface area (Å²) in [6.45, 7) is 6.17. The molecule has 0 bridgehead atoms. The molecule has 0 aromatic carbocycles. The molecule has 0 saturated heterocycles. The summed E-state index contributed by atoms with van der Waals surface area (Å²) in [4.78, 5) is 33.6. The highest BCUT2D eigenvalue weighted by Crippen LogP contribution is 2.26. The summed E-state index contributed by atoms with van der Waals surface area (Å²) in [5, 5.41) is 3.13. The topological polar surface area (TPSA) is 98.5 Å². The molecule has 0 aliphatic heterocycles. The monoisotopic (exact) mass is 414 g/mol. The predicted molar refractivity (Wildman–Crippen MR) is 120 cm³/mol. The number of Topliss-reactive ketones (excluding diaryl/α,β-unsaturated/α-hetero) is 1. The van der Waals surface area contributed by atoms with Crippen molar-refractivity contribution in [2.45, 2.75) is 110 Å². The maximum Gasteiger partial charge on any atom is 0.220 e. The number of hydrogen-bond acceptors (Lipinski definition) is 4. The van der Waals surface area contributed by atoms with Gasteiger partial charge in [0.1, 0.15) is 5.78 Å². The minimum atomic E-state index is -0.241. The molecule has 0 radical (unpaired) electrons. The minimum absolute atomic E-state index is 0. The summed E-state index contributed by atoms with van der Waals surface area (Å²) in [5.74, 6) is 0.509. The average Bonchev–Trinajstić information content (AvgIpc) is 2.72. The third-order valence-corrected chi connectivity index (χ3v) is 5.92. The summed E-state index contributed by atoms with van der Waals surface area (Å²) in [5.41, 5.74) is 4.80. The highest BCUT2D eigenvalue weighted by atomic mass is 16.5. The number of nitrogens with one attached hydrogen (secondary N) is 1. The molecule has 6 nitrogen and oxygen atoms in total. The molecule has 172 valence electrons. The number of amides is 2. The van der Waals surface area contributed by atoms with Crippen LogP contribution in [0.1, 0.15) is 101 Å². The van der Waals surface area contributed by atoms with Crippen molar-refractivity contribution in [1.29, 1.82) is 0 Å². The summed E-state index contributed by atoms with van der Waals surface area (Å²) in [7, 11) is 0. The first-order valence-electron chi connectivity index (χ1n) is 11.6. The highest BCUT2D eigenvalue weighted by molar-refractivity contribution is 5.81. The Bertz CT molecular complexity index is 504. The predicted octanol–water partition coefficient (Wildman–Crippen LogP) is 4.39. The number of ketones is 1. The van der Waals surface area contributed by atoms with Gasteiger partial charge >= 0.3 is 0 Å². The van der Waals surface area contributed by atoms with E-state index in [1.807, 2.05) is 6.92 Å². The smallest absolute Gasteiger partial charge is 0.220 e. The zero-order valence-corrected chi connectivity index (χ0v) is 18.7. The van der Waals surface area contributed by atoms with Crippen molar-refractivity contribution in [2.24, 2.45) is 17.6 Å². The van der Waals surface area contributed by atoms with Gasteiger partial charge in [0.15, 0.2) is 0 Å². The fourth-order valence-corrected chi connectivity index (χ4v) is 3.86. The SMILES string of the molecule is CC(C)C(N)=O.CCC(=O)C1CCC(NC(=O)CCCOC2CCCCC2)CC1.[HH].[HH]. The molecule has 6 heteroatoms. The van der Waals surface area contributed by atoms with Crippen molar-refractivity contribution < 1.29 is 22.0 Å². The van der Waals surface area contributed by atoms with Gasteiger partial charge in [0.25, 0.3) is 0 Å². The second-order valence-corrected chi connectivity index (χ2v) is 8.73. The number of rotatable bonds is 9. The van der Waals surface area contributed by atoms with Crippen molar-refractivity contribution in [2.75, 3.05) is 6.61 Å².